The monoisotopic (exact) mass is 435 g/mol. The van der Waals surface area contributed by atoms with Gasteiger partial charge in [-0.25, -0.2) is 9.18 Å². The molecule has 2 aliphatic rings. The zero-order valence-electron chi connectivity index (χ0n) is 18.4. The molecule has 172 valence electrons. The van der Waals surface area contributed by atoms with E-state index in [2.05, 4.69) is 5.32 Å². The molecule has 1 aromatic heterocycles. The molecule has 0 bridgehead atoms. The number of hydrogen-bond acceptors (Lipinski definition) is 5. The van der Waals surface area contributed by atoms with Gasteiger partial charge >= 0.3 is 5.69 Å². The van der Waals surface area contributed by atoms with Crippen molar-refractivity contribution in [1.29, 1.82) is 0 Å². The molecule has 7 nitrogen and oxygen atoms in total. The van der Waals surface area contributed by atoms with Crippen LogP contribution in [0.15, 0.2) is 21.7 Å². The molecule has 1 aliphatic carbocycles. The summed E-state index contributed by atoms with van der Waals surface area (Å²) in [6.45, 7) is 4.88. The third kappa shape index (κ3) is 4.41. The number of nitrogens with zero attached hydrogens (tertiary/aromatic N) is 2. The van der Waals surface area contributed by atoms with Gasteiger partial charge in [-0.05, 0) is 37.8 Å². The zero-order valence-corrected chi connectivity index (χ0v) is 18.4. The summed E-state index contributed by atoms with van der Waals surface area (Å²) in [4.78, 5) is 26.6. The van der Waals surface area contributed by atoms with Crippen LogP contribution < -0.4 is 16.6 Å². The number of anilines is 1. The molecule has 0 unspecified atom stereocenters. The summed E-state index contributed by atoms with van der Waals surface area (Å²) in [5.74, 6) is -0.468. The molecule has 4 rings (SSSR count). The Hall–Kier alpha value is -2.19. The SMILES string of the molecule is CCC(CC)n1c(=O)n(CC2OCCO2)c(=O)c2cc(F)c(NC3CCCCC3)cc21.[HH]. The Balaban J connectivity index is 0.00000289. The molecule has 2 heterocycles. The molecule has 1 saturated heterocycles. The Kier molecular flexibility index (Phi) is 6.77. The van der Waals surface area contributed by atoms with Crippen LogP contribution in [0.1, 0.15) is 66.3 Å². The molecule has 8 heteroatoms. The van der Waals surface area contributed by atoms with E-state index in [-0.39, 0.29) is 25.4 Å². The fourth-order valence-corrected chi connectivity index (χ4v) is 4.80. The summed E-state index contributed by atoms with van der Waals surface area (Å²) in [5, 5.41) is 3.52. The van der Waals surface area contributed by atoms with Gasteiger partial charge in [0.05, 0.1) is 36.3 Å². The fraction of sp³-hybridized carbons (Fsp3) is 0.652. The summed E-state index contributed by atoms with van der Waals surface area (Å²) in [5.41, 5.74) is -0.0732. The largest absolute Gasteiger partial charge is 0.380 e. The topological polar surface area (TPSA) is 74.5 Å². The summed E-state index contributed by atoms with van der Waals surface area (Å²) < 4.78 is 28.7. The van der Waals surface area contributed by atoms with Crippen molar-refractivity contribution in [3.05, 3.63) is 38.8 Å². The fourth-order valence-electron chi connectivity index (χ4n) is 4.80. The first-order chi connectivity index (χ1) is 15.0. The highest BCUT2D eigenvalue weighted by Gasteiger charge is 2.24. The van der Waals surface area contributed by atoms with E-state index in [9.17, 15) is 9.59 Å². The van der Waals surface area contributed by atoms with Crippen LogP contribution in [0.3, 0.4) is 0 Å². The van der Waals surface area contributed by atoms with Crippen molar-refractivity contribution in [3.63, 3.8) is 0 Å². The van der Waals surface area contributed by atoms with Crippen LogP contribution in [0.25, 0.3) is 10.9 Å². The molecule has 2 aromatic rings. The van der Waals surface area contributed by atoms with Crippen LogP contribution in [0, 0.1) is 5.82 Å². The number of aromatic nitrogens is 2. The molecule has 1 saturated carbocycles. The summed E-state index contributed by atoms with van der Waals surface area (Å²) in [6.07, 6.45) is 6.27. The second-order valence-electron chi connectivity index (χ2n) is 8.54. The third-order valence-electron chi connectivity index (χ3n) is 6.55. The average molecular weight is 436 g/mol. The summed E-state index contributed by atoms with van der Waals surface area (Å²) >= 11 is 0. The number of benzene rings is 1. The first-order valence-corrected chi connectivity index (χ1v) is 11.5. The van der Waals surface area contributed by atoms with E-state index in [1.807, 2.05) is 13.8 Å². The number of hydrogen-bond donors (Lipinski definition) is 1. The van der Waals surface area contributed by atoms with Crippen molar-refractivity contribution in [2.75, 3.05) is 18.5 Å². The molecule has 1 aromatic carbocycles. The lowest BCUT2D eigenvalue weighted by molar-refractivity contribution is -0.0539. The standard InChI is InChI=1S/C23H32FN3O4.H2/c1-3-16(4-2)27-20-13-19(25-15-8-6-5-7-9-15)18(24)12-17(20)22(28)26(23(27)29)14-21-30-10-11-31-21;/h12-13,15-16,21,25H,3-11,14H2,1-2H3;1H. The average Bonchev–Trinajstić information content (AvgIpc) is 3.29. The van der Waals surface area contributed by atoms with Gasteiger partial charge in [0.2, 0.25) is 0 Å². The van der Waals surface area contributed by atoms with Gasteiger partial charge in [0.1, 0.15) is 5.82 Å². The zero-order chi connectivity index (χ0) is 22.0. The van der Waals surface area contributed by atoms with Gasteiger partial charge in [0, 0.05) is 13.5 Å². The van der Waals surface area contributed by atoms with Crippen molar-refractivity contribution in [2.45, 2.75) is 83.7 Å². The van der Waals surface area contributed by atoms with E-state index in [0.29, 0.717) is 24.4 Å². The lowest BCUT2D eigenvalue weighted by Crippen LogP contribution is -2.43. The van der Waals surface area contributed by atoms with Gasteiger partial charge in [0.25, 0.3) is 5.56 Å². The molecule has 0 radical (unpaired) electrons. The van der Waals surface area contributed by atoms with Crippen molar-refractivity contribution in [3.8, 4) is 0 Å². The highest BCUT2D eigenvalue weighted by molar-refractivity contribution is 5.82. The minimum Gasteiger partial charge on any atom is -0.380 e. The Morgan fingerprint density at radius 3 is 2.45 bits per heavy atom. The van der Waals surface area contributed by atoms with E-state index >= 15 is 4.39 Å². The molecule has 1 N–H and O–H groups in total. The Labute approximate surface area is 182 Å². The number of fused-ring (bicyclic) bond motifs is 1. The maximum absolute atomic E-state index is 15.0. The van der Waals surface area contributed by atoms with E-state index in [1.165, 1.54) is 12.5 Å². The summed E-state index contributed by atoms with van der Waals surface area (Å²) in [6, 6.07) is 3.03. The first kappa shape index (κ1) is 22.0. The molecule has 0 spiro atoms. The molecule has 31 heavy (non-hydrogen) atoms. The normalized spacial score (nSPS) is 18.3. The molecule has 2 fully saturated rings. The van der Waals surface area contributed by atoms with Crippen molar-refractivity contribution in [1.82, 2.24) is 9.13 Å². The minimum absolute atomic E-state index is 0. The van der Waals surface area contributed by atoms with Gasteiger partial charge in [0.15, 0.2) is 6.29 Å². The van der Waals surface area contributed by atoms with Crippen LogP contribution >= 0.6 is 0 Å². The van der Waals surface area contributed by atoms with Crippen LogP contribution in [-0.4, -0.2) is 34.7 Å². The first-order valence-electron chi connectivity index (χ1n) is 11.5. The summed E-state index contributed by atoms with van der Waals surface area (Å²) in [7, 11) is 0. The van der Waals surface area contributed by atoms with Gasteiger partial charge in [-0.15, -0.1) is 0 Å². The van der Waals surface area contributed by atoms with Crippen LogP contribution in [-0.2, 0) is 16.0 Å². The highest BCUT2D eigenvalue weighted by Crippen LogP contribution is 2.27. The third-order valence-corrected chi connectivity index (χ3v) is 6.55. The molecular weight excluding hydrogens is 401 g/mol. The predicted molar refractivity (Wildman–Crippen MR) is 120 cm³/mol. The Bertz CT molecular complexity index is 1040. The quantitative estimate of drug-likeness (QED) is 0.711. The van der Waals surface area contributed by atoms with E-state index in [4.69, 9.17) is 9.47 Å². The minimum atomic E-state index is -0.643. The van der Waals surface area contributed by atoms with Crippen LogP contribution in [0.4, 0.5) is 10.1 Å². The maximum Gasteiger partial charge on any atom is 0.331 e. The lowest BCUT2D eigenvalue weighted by atomic mass is 9.95. The number of halogens is 1. The van der Waals surface area contributed by atoms with E-state index < -0.39 is 23.4 Å². The molecule has 0 amide bonds. The van der Waals surface area contributed by atoms with Gasteiger partial charge in [-0.3, -0.25) is 13.9 Å². The van der Waals surface area contributed by atoms with Gasteiger partial charge in [-0.1, -0.05) is 33.1 Å². The second kappa shape index (κ2) is 9.53. The Morgan fingerprint density at radius 2 is 1.81 bits per heavy atom. The molecular formula is C23H34FN3O4. The second-order valence-corrected chi connectivity index (χ2v) is 8.54. The molecule has 1 aliphatic heterocycles. The lowest BCUT2D eigenvalue weighted by Gasteiger charge is -2.25. The smallest absolute Gasteiger partial charge is 0.331 e. The molecule has 0 atom stereocenters. The van der Waals surface area contributed by atoms with Crippen LogP contribution in [0.2, 0.25) is 0 Å². The van der Waals surface area contributed by atoms with E-state index in [1.54, 1.807) is 10.6 Å². The van der Waals surface area contributed by atoms with Crippen molar-refractivity contribution >= 4 is 16.6 Å². The van der Waals surface area contributed by atoms with Crippen LogP contribution in [0.5, 0.6) is 0 Å². The highest BCUT2D eigenvalue weighted by atomic mass is 19.1. The predicted octanol–water partition coefficient (Wildman–Crippen LogP) is 4.03. The number of nitrogens with one attached hydrogen (secondary N) is 1. The Morgan fingerprint density at radius 1 is 1.13 bits per heavy atom. The van der Waals surface area contributed by atoms with Crippen molar-refractivity contribution in [2.24, 2.45) is 0 Å². The van der Waals surface area contributed by atoms with Crippen molar-refractivity contribution < 1.29 is 15.3 Å². The van der Waals surface area contributed by atoms with Gasteiger partial charge < -0.3 is 14.8 Å². The maximum atomic E-state index is 15.0. The van der Waals surface area contributed by atoms with E-state index in [0.717, 1.165) is 43.1 Å². The van der Waals surface area contributed by atoms with Gasteiger partial charge in [-0.2, -0.15) is 0 Å². The number of ether oxygens (including phenoxy) is 2. The number of rotatable bonds is 7.